The van der Waals surface area contributed by atoms with Gasteiger partial charge in [-0.3, -0.25) is 0 Å². The normalized spacial score (nSPS) is 19.2. The van der Waals surface area contributed by atoms with Gasteiger partial charge in [-0.15, -0.1) is 0 Å². The molecule has 0 unspecified atom stereocenters. The second-order valence-corrected chi connectivity index (χ2v) is 12.1. The Labute approximate surface area is 237 Å². The molecular formula is C31H30F3NO5S. The lowest BCUT2D eigenvalue weighted by molar-refractivity contribution is -0.134. The molecule has 6 nitrogen and oxygen atoms in total. The highest BCUT2D eigenvalue weighted by atomic mass is 32.2. The molecular weight excluding hydrogens is 555 g/mol. The number of carbonyl (C=O) groups is 1. The number of carbonyl (C=O) groups excluding carboxylic acids is 1. The zero-order valence-corrected chi connectivity index (χ0v) is 23.6. The Morgan fingerprint density at radius 2 is 1.68 bits per heavy atom. The SMILES string of the molecule is COC(=O)/C=C/c1ccc([C@@H]2c3ccc(OS(=O)(=O)C(F)(F)F)cc3C[C@@H](C)N2c2ccc(C3CC3)cc2C)cc1. The number of rotatable bonds is 7. The standard InChI is InChI=1S/C31H30F3NO5S/c1-19-16-24(22-9-10-22)11-14-28(19)35-20(2)17-25-18-26(40-41(37,38)31(32,33)34)12-13-27(25)30(35)23-7-4-21(5-8-23)6-15-29(36)39-3/h4-8,11-16,18,20,22,30H,9-10,17H2,1-3H3/b15-6+/t20-,30-/m1/s1. The Hall–Kier alpha value is -3.79. The summed E-state index contributed by atoms with van der Waals surface area (Å²) in [4.78, 5) is 13.8. The summed E-state index contributed by atoms with van der Waals surface area (Å²) in [6.45, 7) is 4.12. The van der Waals surface area contributed by atoms with E-state index >= 15 is 0 Å². The van der Waals surface area contributed by atoms with E-state index in [4.69, 9.17) is 0 Å². The Morgan fingerprint density at radius 1 is 1.00 bits per heavy atom. The number of anilines is 1. The highest BCUT2D eigenvalue weighted by Crippen LogP contribution is 2.46. The van der Waals surface area contributed by atoms with Crippen LogP contribution in [0, 0.1) is 6.92 Å². The summed E-state index contributed by atoms with van der Waals surface area (Å²) in [6.07, 6.45) is 5.84. The molecule has 1 aliphatic carbocycles. The van der Waals surface area contributed by atoms with Gasteiger partial charge < -0.3 is 13.8 Å². The maximum absolute atomic E-state index is 13.0. The number of hydrogen-bond donors (Lipinski definition) is 0. The molecule has 1 saturated carbocycles. The first-order valence-corrected chi connectivity index (χ1v) is 14.7. The molecule has 3 aromatic carbocycles. The van der Waals surface area contributed by atoms with Crippen LogP contribution in [0.3, 0.4) is 0 Å². The molecule has 0 N–H and O–H groups in total. The number of halogens is 3. The third-order valence-electron chi connectivity index (χ3n) is 7.58. The smallest absolute Gasteiger partial charge is 0.466 e. The molecule has 10 heteroatoms. The van der Waals surface area contributed by atoms with Gasteiger partial charge >= 0.3 is 21.6 Å². The van der Waals surface area contributed by atoms with Gasteiger partial charge in [0.2, 0.25) is 0 Å². The minimum Gasteiger partial charge on any atom is -0.466 e. The number of esters is 1. The molecule has 216 valence electrons. The molecule has 41 heavy (non-hydrogen) atoms. The first-order chi connectivity index (χ1) is 19.4. The van der Waals surface area contributed by atoms with Crippen molar-refractivity contribution in [1.82, 2.24) is 0 Å². The summed E-state index contributed by atoms with van der Waals surface area (Å²) in [5, 5.41) is 0. The number of fused-ring (bicyclic) bond motifs is 1. The van der Waals surface area contributed by atoms with Crippen molar-refractivity contribution in [3.8, 4) is 5.75 Å². The van der Waals surface area contributed by atoms with Crippen LogP contribution in [0.5, 0.6) is 5.75 Å². The van der Waals surface area contributed by atoms with Crippen molar-refractivity contribution in [1.29, 1.82) is 0 Å². The number of nitrogens with zero attached hydrogens (tertiary/aromatic N) is 1. The zero-order valence-electron chi connectivity index (χ0n) is 22.8. The topological polar surface area (TPSA) is 72.9 Å². The highest BCUT2D eigenvalue weighted by molar-refractivity contribution is 7.88. The summed E-state index contributed by atoms with van der Waals surface area (Å²) in [5.74, 6) is -0.241. The summed E-state index contributed by atoms with van der Waals surface area (Å²) in [5.41, 5.74) is 1.23. The van der Waals surface area contributed by atoms with E-state index in [1.165, 1.54) is 43.7 Å². The predicted octanol–water partition coefficient (Wildman–Crippen LogP) is 6.83. The fourth-order valence-electron chi connectivity index (χ4n) is 5.45. The number of aryl methyl sites for hydroxylation is 1. The lowest BCUT2D eigenvalue weighted by Gasteiger charge is -2.45. The molecule has 0 amide bonds. The van der Waals surface area contributed by atoms with Crippen LogP contribution in [0.25, 0.3) is 6.08 Å². The van der Waals surface area contributed by atoms with Crippen LogP contribution in [0.4, 0.5) is 18.9 Å². The number of benzene rings is 3. The van der Waals surface area contributed by atoms with Crippen molar-refractivity contribution >= 4 is 27.9 Å². The van der Waals surface area contributed by atoms with Gasteiger partial charge in [-0.2, -0.15) is 21.6 Å². The molecule has 5 rings (SSSR count). The third-order valence-corrected chi connectivity index (χ3v) is 8.56. The van der Waals surface area contributed by atoms with Crippen LogP contribution in [0.2, 0.25) is 0 Å². The Bertz CT molecular complexity index is 1590. The summed E-state index contributed by atoms with van der Waals surface area (Å²) in [6, 6.07) is 18.1. The molecule has 0 radical (unpaired) electrons. The number of ether oxygens (including phenoxy) is 1. The first kappa shape index (κ1) is 28.7. The lowest BCUT2D eigenvalue weighted by atomic mass is 9.84. The molecule has 1 aliphatic heterocycles. The molecule has 1 fully saturated rings. The van der Waals surface area contributed by atoms with E-state index in [-0.39, 0.29) is 17.8 Å². The average Bonchev–Trinajstić information content (AvgIpc) is 3.76. The van der Waals surface area contributed by atoms with Gasteiger partial charge in [-0.1, -0.05) is 42.5 Å². The van der Waals surface area contributed by atoms with Crippen molar-refractivity contribution in [2.24, 2.45) is 0 Å². The van der Waals surface area contributed by atoms with E-state index < -0.39 is 21.6 Å². The van der Waals surface area contributed by atoms with Gasteiger partial charge in [0.25, 0.3) is 0 Å². The fraction of sp³-hybridized carbons (Fsp3) is 0.323. The monoisotopic (exact) mass is 585 g/mol. The maximum Gasteiger partial charge on any atom is 0.534 e. The summed E-state index contributed by atoms with van der Waals surface area (Å²) < 4.78 is 71.3. The summed E-state index contributed by atoms with van der Waals surface area (Å²) in [7, 11) is -4.48. The predicted molar refractivity (Wildman–Crippen MR) is 150 cm³/mol. The van der Waals surface area contributed by atoms with E-state index in [2.05, 4.69) is 38.9 Å². The van der Waals surface area contributed by atoms with Gasteiger partial charge in [0.15, 0.2) is 0 Å². The van der Waals surface area contributed by atoms with Gasteiger partial charge in [0.05, 0.1) is 13.2 Å². The van der Waals surface area contributed by atoms with Crippen molar-refractivity contribution in [2.75, 3.05) is 12.0 Å². The van der Waals surface area contributed by atoms with E-state index in [1.54, 1.807) is 12.1 Å². The molecule has 2 aliphatic rings. The molecule has 0 aromatic heterocycles. The minimum atomic E-state index is -5.79. The fourth-order valence-corrected chi connectivity index (χ4v) is 5.90. The number of hydrogen-bond acceptors (Lipinski definition) is 6. The van der Waals surface area contributed by atoms with Gasteiger partial charge in [0, 0.05) is 17.8 Å². The molecule has 0 spiro atoms. The van der Waals surface area contributed by atoms with Crippen molar-refractivity contribution in [2.45, 2.75) is 56.6 Å². The van der Waals surface area contributed by atoms with Crippen molar-refractivity contribution in [3.05, 3.63) is 100 Å². The first-order valence-electron chi connectivity index (χ1n) is 13.3. The van der Waals surface area contributed by atoms with Crippen molar-refractivity contribution < 1.29 is 35.3 Å². The van der Waals surface area contributed by atoms with Crippen LogP contribution >= 0.6 is 0 Å². The van der Waals surface area contributed by atoms with Crippen LogP contribution in [-0.4, -0.2) is 33.0 Å². The molecule has 2 atom stereocenters. The third kappa shape index (κ3) is 5.98. The van der Waals surface area contributed by atoms with E-state index in [1.807, 2.05) is 31.2 Å². The van der Waals surface area contributed by atoms with Gasteiger partial charge in [-0.25, -0.2) is 4.79 Å². The van der Waals surface area contributed by atoms with E-state index in [0.717, 1.165) is 27.9 Å². The van der Waals surface area contributed by atoms with Crippen LogP contribution in [0.1, 0.15) is 65.1 Å². The zero-order chi connectivity index (χ0) is 29.5. The van der Waals surface area contributed by atoms with Crippen LogP contribution in [-0.2, 0) is 26.1 Å². The Balaban J connectivity index is 1.57. The largest absolute Gasteiger partial charge is 0.534 e. The molecule has 0 saturated heterocycles. The second-order valence-electron chi connectivity index (χ2n) is 10.6. The molecule has 3 aromatic rings. The molecule has 1 heterocycles. The van der Waals surface area contributed by atoms with Gasteiger partial charge in [0.1, 0.15) is 5.75 Å². The number of methoxy groups -OCH3 is 1. The van der Waals surface area contributed by atoms with Gasteiger partial charge in [-0.05, 0) is 96.7 Å². The minimum absolute atomic E-state index is 0.0775. The Kier molecular flexibility index (Phi) is 7.63. The maximum atomic E-state index is 13.0. The Morgan fingerprint density at radius 3 is 2.29 bits per heavy atom. The van der Waals surface area contributed by atoms with Crippen molar-refractivity contribution in [3.63, 3.8) is 0 Å². The van der Waals surface area contributed by atoms with Crippen LogP contribution < -0.4 is 9.08 Å². The molecule has 0 bridgehead atoms. The highest BCUT2D eigenvalue weighted by Gasteiger charge is 2.48. The van der Waals surface area contributed by atoms with Crippen LogP contribution in [0.15, 0.2) is 66.7 Å². The quantitative estimate of drug-likeness (QED) is 0.131. The lowest BCUT2D eigenvalue weighted by Crippen LogP contribution is -2.43. The second kappa shape index (κ2) is 10.9. The average molecular weight is 586 g/mol. The number of alkyl halides is 3. The van der Waals surface area contributed by atoms with E-state index in [0.29, 0.717) is 17.9 Å². The summed E-state index contributed by atoms with van der Waals surface area (Å²) >= 11 is 0. The van der Waals surface area contributed by atoms with E-state index in [9.17, 15) is 26.4 Å².